The van der Waals surface area contributed by atoms with Gasteiger partial charge in [0.15, 0.2) is 11.5 Å². The summed E-state index contributed by atoms with van der Waals surface area (Å²) in [5.41, 5.74) is 2.55. The van der Waals surface area contributed by atoms with E-state index < -0.39 is 38.1 Å². The normalized spacial score (nSPS) is 12.0. The fourth-order valence-electron chi connectivity index (χ4n) is 2.49. The number of nitrogens with zero attached hydrogens (tertiary/aromatic N) is 1. The second kappa shape index (κ2) is 7.69. The molecule has 29 heavy (non-hydrogen) atoms. The molecule has 1 heterocycles. The monoisotopic (exact) mass is 417 g/mol. The number of fused-ring (bicyclic) bond motifs is 1. The lowest BCUT2D eigenvalue weighted by Crippen LogP contribution is -2.29. The summed E-state index contributed by atoms with van der Waals surface area (Å²) in [4.78, 5) is 40.2. The zero-order valence-corrected chi connectivity index (χ0v) is 15.7. The Labute approximate surface area is 163 Å². The molecule has 0 saturated carbocycles. The number of nitrogens with one attached hydrogen (secondary N) is 4. The Bertz CT molecular complexity index is 1310. The molecule has 12 heteroatoms. The molecule has 0 atom stereocenters. The van der Waals surface area contributed by atoms with E-state index in [-0.39, 0.29) is 5.69 Å². The predicted molar refractivity (Wildman–Crippen MR) is 106 cm³/mol. The van der Waals surface area contributed by atoms with Gasteiger partial charge in [-0.05, 0) is 30.3 Å². The van der Waals surface area contributed by atoms with Crippen molar-refractivity contribution in [3.63, 3.8) is 0 Å². The number of rotatable bonds is 6. The summed E-state index contributed by atoms with van der Waals surface area (Å²) in [6, 6.07) is 9.87. The molecule has 1 aromatic heterocycles. The number of carbonyl (C=O) groups is 2. The van der Waals surface area contributed by atoms with Crippen molar-refractivity contribution >= 4 is 49.9 Å². The van der Waals surface area contributed by atoms with Crippen LogP contribution in [0.1, 0.15) is 6.92 Å². The van der Waals surface area contributed by atoms with Crippen molar-refractivity contribution in [1.82, 2.24) is 9.97 Å². The first-order chi connectivity index (χ1) is 13.6. The van der Waals surface area contributed by atoms with Gasteiger partial charge in [0.05, 0.1) is 16.7 Å². The van der Waals surface area contributed by atoms with Crippen LogP contribution in [0, 0.1) is 0 Å². The fraction of sp³-hybridized carbons (Fsp3) is 0.0588. The van der Waals surface area contributed by atoms with E-state index >= 15 is 0 Å². The van der Waals surface area contributed by atoms with Crippen molar-refractivity contribution in [1.29, 1.82) is 0 Å². The van der Waals surface area contributed by atoms with Crippen LogP contribution in [0.3, 0.4) is 0 Å². The number of amides is 1. The quantitative estimate of drug-likeness (QED) is 0.173. The summed E-state index contributed by atoms with van der Waals surface area (Å²) in [5, 5.41) is 6.17. The highest BCUT2D eigenvalue weighted by molar-refractivity contribution is 7.86. The van der Waals surface area contributed by atoms with Crippen LogP contribution < -0.4 is 16.4 Å². The molecule has 3 aromatic rings. The van der Waals surface area contributed by atoms with E-state index in [0.29, 0.717) is 16.7 Å². The highest BCUT2D eigenvalue weighted by Crippen LogP contribution is 2.20. The van der Waals surface area contributed by atoms with Crippen LogP contribution in [0.15, 0.2) is 57.3 Å². The van der Waals surface area contributed by atoms with Crippen LogP contribution >= 0.6 is 0 Å². The molecule has 0 aliphatic heterocycles. The van der Waals surface area contributed by atoms with E-state index in [9.17, 15) is 27.4 Å². The third-order valence-corrected chi connectivity index (χ3v) is 4.69. The Morgan fingerprint density at radius 2 is 1.76 bits per heavy atom. The van der Waals surface area contributed by atoms with Crippen molar-refractivity contribution in [2.75, 3.05) is 10.7 Å². The second-order valence-electron chi connectivity index (χ2n) is 5.89. The largest absolute Gasteiger partial charge is 0.323 e. The number of ketones is 1. The maximum absolute atomic E-state index is 12.4. The lowest BCUT2D eigenvalue weighted by atomic mass is 10.2. The summed E-state index contributed by atoms with van der Waals surface area (Å²) < 4.78 is 32.1. The molecule has 0 radical (unpaired) electrons. The Kier molecular flexibility index (Phi) is 5.30. The van der Waals surface area contributed by atoms with E-state index in [1.807, 2.05) is 0 Å². The first-order valence-corrected chi connectivity index (χ1v) is 9.54. The minimum absolute atomic E-state index is 0.118. The SMILES string of the molecule is CC(=O)/C(=N/Nc1ccccc1S(=O)(=O)O)C(=O)Nc1ccc2[nH]c(=O)[nH]c2c1. The van der Waals surface area contributed by atoms with Gasteiger partial charge in [-0.1, -0.05) is 12.1 Å². The minimum Gasteiger partial charge on any atom is -0.320 e. The molecule has 3 rings (SSSR count). The zero-order chi connectivity index (χ0) is 21.2. The molecule has 0 aliphatic rings. The van der Waals surface area contributed by atoms with Gasteiger partial charge in [-0.2, -0.15) is 13.5 Å². The number of hydrazone groups is 1. The Morgan fingerprint density at radius 1 is 1.07 bits per heavy atom. The predicted octanol–water partition coefficient (Wildman–Crippen LogP) is 1.10. The number of hydrogen-bond acceptors (Lipinski definition) is 7. The highest BCUT2D eigenvalue weighted by atomic mass is 32.2. The molecule has 11 nitrogen and oxygen atoms in total. The van der Waals surface area contributed by atoms with Crippen LogP contribution in [-0.4, -0.2) is 40.3 Å². The van der Waals surface area contributed by atoms with E-state index in [1.54, 1.807) is 6.07 Å². The molecule has 150 valence electrons. The van der Waals surface area contributed by atoms with Crippen LogP contribution in [-0.2, 0) is 19.7 Å². The number of Topliss-reactive ketones (excluding diaryl/α,β-unsaturated/α-hetero) is 1. The molecular formula is C17H15N5O6S. The van der Waals surface area contributed by atoms with Gasteiger partial charge in [0.1, 0.15) is 4.90 Å². The first-order valence-electron chi connectivity index (χ1n) is 8.10. The number of carbonyl (C=O) groups excluding carboxylic acids is 2. The highest BCUT2D eigenvalue weighted by Gasteiger charge is 2.19. The van der Waals surface area contributed by atoms with Crippen molar-refractivity contribution < 1.29 is 22.6 Å². The smallest absolute Gasteiger partial charge is 0.320 e. The van der Waals surface area contributed by atoms with Gasteiger partial charge in [0.2, 0.25) is 0 Å². The first kappa shape index (κ1) is 20.0. The lowest BCUT2D eigenvalue weighted by molar-refractivity contribution is -0.114. The van der Waals surface area contributed by atoms with Crippen molar-refractivity contribution in [2.24, 2.45) is 5.10 Å². The Hall–Kier alpha value is -3.77. The number of benzene rings is 2. The van der Waals surface area contributed by atoms with E-state index in [0.717, 1.165) is 13.0 Å². The van der Waals surface area contributed by atoms with Gasteiger partial charge in [0, 0.05) is 12.6 Å². The molecule has 0 bridgehead atoms. The van der Waals surface area contributed by atoms with E-state index in [1.165, 1.54) is 30.3 Å². The molecule has 1 amide bonds. The van der Waals surface area contributed by atoms with Gasteiger partial charge in [-0.15, -0.1) is 0 Å². The van der Waals surface area contributed by atoms with Crippen LogP contribution in [0.4, 0.5) is 11.4 Å². The van der Waals surface area contributed by atoms with Gasteiger partial charge < -0.3 is 15.3 Å². The third kappa shape index (κ3) is 4.56. The van der Waals surface area contributed by atoms with Gasteiger partial charge in [-0.25, -0.2) is 4.79 Å². The van der Waals surface area contributed by atoms with Crippen molar-refractivity contribution in [3.8, 4) is 0 Å². The molecular weight excluding hydrogens is 402 g/mol. The summed E-state index contributed by atoms with van der Waals surface area (Å²) >= 11 is 0. The van der Waals surface area contributed by atoms with Crippen LogP contribution in [0.5, 0.6) is 0 Å². The molecule has 0 saturated heterocycles. The van der Waals surface area contributed by atoms with Gasteiger partial charge in [-0.3, -0.25) is 19.6 Å². The summed E-state index contributed by atoms with van der Waals surface area (Å²) in [6.45, 7) is 1.11. The second-order valence-corrected chi connectivity index (χ2v) is 7.28. The van der Waals surface area contributed by atoms with Gasteiger partial charge >= 0.3 is 5.69 Å². The zero-order valence-electron chi connectivity index (χ0n) is 14.9. The topological polar surface area (TPSA) is 174 Å². The van der Waals surface area contributed by atoms with Crippen LogP contribution in [0.2, 0.25) is 0 Å². The van der Waals surface area contributed by atoms with Crippen molar-refractivity contribution in [2.45, 2.75) is 11.8 Å². The average molecular weight is 417 g/mol. The molecule has 0 unspecified atom stereocenters. The Balaban J connectivity index is 1.86. The average Bonchev–Trinajstić information content (AvgIpc) is 3.00. The number of aromatic amines is 2. The molecule has 0 aliphatic carbocycles. The van der Waals surface area contributed by atoms with Crippen molar-refractivity contribution in [3.05, 3.63) is 52.9 Å². The third-order valence-electron chi connectivity index (χ3n) is 3.78. The lowest BCUT2D eigenvalue weighted by Gasteiger charge is -2.09. The molecule has 2 aromatic carbocycles. The number of anilines is 2. The number of H-pyrrole nitrogens is 2. The Morgan fingerprint density at radius 3 is 2.45 bits per heavy atom. The number of imidazole rings is 1. The maximum Gasteiger partial charge on any atom is 0.323 e. The maximum atomic E-state index is 12.4. The summed E-state index contributed by atoms with van der Waals surface area (Å²) in [7, 11) is -4.54. The molecule has 5 N–H and O–H groups in total. The number of para-hydroxylation sites is 1. The molecule has 0 fully saturated rings. The molecule has 0 spiro atoms. The summed E-state index contributed by atoms with van der Waals surface area (Å²) in [5.74, 6) is -1.54. The number of hydrogen-bond donors (Lipinski definition) is 5. The van der Waals surface area contributed by atoms with E-state index in [4.69, 9.17) is 0 Å². The summed E-state index contributed by atoms with van der Waals surface area (Å²) in [6.07, 6.45) is 0. The van der Waals surface area contributed by atoms with Crippen LogP contribution in [0.25, 0.3) is 11.0 Å². The number of aromatic nitrogens is 2. The minimum atomic E-state index is -4.54. The van der Waals surface area contributed by atoms with Gasteiger partial charge in [0.25, 0.3) is 16.0 Å². The standard InChI is InChI=1S/C17H15N5O6S/c1-9(23)15(22-21-12-4-2-3-5-14(12)29(26,27)28)16(24)18-10-6-7-11-13(8-10)20-17(25)19-11/h2-8,21H,1H3,(H,18,24)(H2,19,20,25)(H,26,27,28)/b22-15-. The van der Waals surface area contributed by atoms with E-state index in [2.05, 4.69) is 25.8 Å². The fourth-order valence-corrected chi connectivity index (χ4v) is 3.13.